The molecule has 0 saturated heterocycles. The van der Waals surface area contributed by atoms with Crippen LogP contribution in [0.4, 0.5) is 10.1 Å². The number of halogens is 3. The number of nitrogens with zero attached hydrogens (tertiary/aromatic N) is 2. The molecule has 3 aromatic rings. The Labute approximate surface area is 238 Å². The van der Waals surface area contributed by atoms with E-state index in [2.05, 4.69) is 5.32 Å². The maximum atomic E-state index is 13.9. The van der Waals surface area contributed by atoms with Gasteiger partial charge >= 0.3 is 0 Å². The van der Waals surface area contributed by atoms with Gasteiger partial charge in [-0.15, -0.1) is 0 Å². The second-order valence-electron chi connectivity index (χ2n) is 8.79. The van der Waals surface area contributed by atoms with E-state index >= 15 is 0 Å². The molecule has 0 aliphatic heterocycles. The maximum Gasteiger partial charge on any atom is 0.264 e. The number of hydrogen-bond donors (Lipinski definition) is 1. The van der Waals surface area contributed by atoms with Gasteiger partial charge in [0.15, 0.2) is 0 Å². The highest BCUT2D eigenvalue weighted by molar-refractivity contribution is 7.92. The molecule has 0 radical (unpaired) electrons. The molecule has 0 saturated carbocycles. The third kappa shape index (κ3) is 7.71. The lowest BCUT2D eigenvalue weighted by Crippen LogP contribution is -2.52. The quantitative estimate of drug-likeness (QED) is 0.293. The SMILES string of the molecule is CCCNC(=O)[C@@H](CC)N(Cc1ccc(Cl)c(Cl)c1)C(=O)CN(c1ccc(F)cc1)S(=O)(=O)c1ccccc1. The van der Waals surface area contributed by atoms with Crippen molar-refractivity contribution in [1.82, 2.24) is 10.2 Å². The number of hydrogen-bond acceptors (Lipinski definition) is 4. The lowest BCUT2D eigenvalue weighted by molar-refractivity contribution is -0.140. The van der Waals surface area contributed by atoms with E-state index in [0.717, 1.165) is 16.4 Å². The third-order valence-corrected chi connectivity index (χ3v) is 8.52. The molecule has 0 unspecified atom stereocenters. The van der Waals surface area contributed by atoms with Crippen LogP contribution in [0.3, 0.4) is 0 Å². The van der Waals surface area contributed by atoms with Gasteiger partial charge in [0.1, 0.15) is 18.4 Å². The van der Waals surface area contributed by atoms with Gasteiger partial charge in [-0.05, 0) is 66.9 Å². The lowest BCUT2D eigenvalue weighted by atomic mass is 10.1. The van der Waals surface area contributed by atoms with Gasteiger partial charge < -0.3 is 10.2 Å². The molecular formula is C28H30Cl2FN3O4S. The Morgan fingerprint density at radius 2 is 1.62 bits per heavy atom. The van der Waals surface area contributed by atoms with E-state index in [-0.39, 0.29) is 34.5 Å². The largest absolute Gasteiger partial charge is 0.354 e. The molecule has 0 aromatic heterocycles. The average Bonchev–Trinajstić information content (AvgIpc) is 2.93. The minimum Gasteiger partial charge on any atom is -0.354 e. The van der Waals surface area contributed by atoms with Crippen LogP contribution in [-0.4, -0.2) is 44.3 Å². The summed E-state index contributed by atoms with van der Waals surface area (Å²) in [6, 6.07) is 16.4. The predicted molar refractivity (Wildman–Crippen MR) is 152 cm³/mol. The fourth-order valence-corrected chi connectivity index (χ4v) is 5.73. The Hall–Kier alpha value is -3.14. The highest BCUT2D eigenvalue weighted by Gasteiger charge is 2.33. The summed E-state index contributed by atoms with van der Waals surface area (Å²) < 4.78 is 42.0. The molecule has 11 heteroatoms. The molecule has 0 spiro atoms. The molecule has 7 nitrogen and oxygen atoms in total. The third-order valence-electron chi connectivity index (χ3n) is 6.00. The normalized spacial score (nSPS) is 12.0. The van der Waals surface area contributed by atoms with Gasteiger partial charge in [0.05, 0.1) is 20.6 Å². The zero-order valence-electron chi connectivity index (χ0n) is 21.6. The molecule has 208 valence electrons. The minimum absolute atomic E-state index is 0.0174. The average molecular weight is 595 g/mol. The smallest absolute Gasteiger partial charge is 0.264 e. The zero-order valence-corrected chi connectivity index (χ0v) is 23.9. The van der Waals surface area contributed by atoms with Crippen molar-refractivity contribution in [3.8, 4) is 0 Å². The van der Waals surface area contributed by atoms with Crippen LogP contribution in [0, 0.1) is 5.82 Å². The van der Waals surface area contributed by atoms with Gasteiger partial charge in [-0.25, -0.2) is 12.8 Å². The van der Waals surface area contributed by atoms with Gasteiger partial charge in [-0.2, -0.15) is 0 Å². The van der Waals surface area contributed by atoms with E-state index in [1.807, 2.05) is 6.92 Å². The van der Waals surface area contributed by atoms with Crippen LogP contribution in [0.15, 0.2) is 77.7 Å². The number of rotatable bonds is 12. The van der Waals surface area contributed by atoms with Gasteiger partial charge in [0, 0.05) is 13.1 Å². The molecule has 1 atom stereocenters. The van der Waals surface area contributed by atoms with E-state index < -0.39 is 34.3 Å². The Morgan fingerprint density at radius 3 is 2.21 bits per heavy atom. The molecule has 39 heavy (non-hydrogen) atoms. The Bertz CT molecular complexity index is 1390. The molecule has 0 fully saturated rings. The Morgan fingerprint density at radius 1 is 0.949 bits per heavy atom. The highest BCUT2D eigenvalue weighted by atomic mass is 35.5. The molecule has 1 N–H and O–H groups in total. The molecule has 3 aromatic carbocycles. The summed E-state index contributed by atoms with van der Waals surface area (Å²) >= 11 is 12.3. The van der Waals surface area contributed by atoms with Crippen LogP contribution >= 0.6 is 23.2 Å². The molecule has 0 aliphatic rings. The van der Waals surface area contributed by atoms with Crippen molar-refractivity contribution in [2.24, 2.45) is 0 Å². The van der Waals surface area contributed by atoms with Crippen molar-refractivity contribution < 1.29 is 22.4 Å². The first kappa shape index (κ1) is 30.4. The van der Waals surface area contributed by atoms with Gasteiger partial charge in [-0.1, -0.05) is 61.3 Å². The second kappa shape index (κ2) is 13.8. The Balaban J connectivity index is 2.04. The van der Waals surface area contributed by atoms with Crippen LogP contribution in [0.25, 0.3) is 0 Å². The van der Waals surface area contributed by atoms with E-state index in [9.17, 15) is 22.4 Å². The topological polar surface area (TPSA) is 86.8 Å². The molecule has 0 bridgehead atoms. The van der Waals surface area contributed by atoms with Crippen molar-refractivity contribution in [3.63, 3.8) is 0 Å². The number of sulfonamides is 1. The Kier molecular flexibility index (Phi) is 10.7. The molecule has 3 rings (SSSR count). The minimum atomic E-state index is -4.22. The summed E-state index contributed by atoms with van der Waals surface area (Å²) in [5, 5.41) is 3.44. The molecule has 0 aliphatic carbocycles. The van der Waals surface area contributed by atoms with E-state index in [1.54, 1.807) is 43.3 Å². The molecule has 2 amide bonds. The summed E-state index contributed by atoms with van der Waals surface area (Å²) in [6.07, 6.45) is 0.987. The number of nitrogens with one attached hydrogen (secondary N) is 1. The summed E-state index contributed by atoms with van der Waals surface area (Å²) in [6.45, 7) is 3.46. The van der Waals surface area contributed by atoms with Gasteiger partial charge in [-0.3, -0.25) is 13.9 Å². The van der Waals surface area contributed by atoms with E-state index in [0.29, 0.717) is 23.6 Å². The van der Waals surface area contributed by atoms with Gasteiger partial charge in [0.2, 0.25) is 11.8 Å². The van der Waals surface area contributed by atoms with Crippen molar-refractivity contribution >= 4 is 50.7 Å². The van der Waals surface area contributed by atoms with Gasteiger partial charge in [0.25, 0.3) is 10.0 Å². The van der Waals surface area contributed by atoms with Crippen molar-refractivity contribution in [2.75, 3.05) is 17.4 Å². The summed E-state index contributed by atoms with van der Waals surface area (Å²) in [4.78, 5) is 28.3. The van der Waals surface area contributed by atoms with E-state index in [1.165, 1.54) is 29.2 Å². The fourth-order valence-electron chi connectivity index (χ4n) is 3.98. The van der Waals surface area contributed by atoms with Crippen molar-refractivity contribution in [3.05, 3.63) is 94.2 Å². The number of carbonyl (C=O) groups excluding carboxylic acids is 2. The van der Waals surface area contributed by atoms with Crippen LogP contribution in [0.2, 0.25) is 10.0 Å². The summed E-state index contributed by atoms with van der Waals surface area (Å²) in [5.74, 6) is -1.53. The van der Waals surface area contributed by atoms with Crippen LogP contribution < -0.4 is 9.62 Å². The standard InChI is InChI=1S/C28H30Cl2FN3O4S/c1-3-16-32-28(36)26(4-2)33(18-20-10-15-24(29)25(30)17-20)27(35)19-34(22-13-11-21(31)12-14-22)39(37,38)23-8-6-5-7-9-23/h5-15,17,26H,3-4,16,18-19H2,1-2H3,(H,32,36)/t26-/m1/s1. The second-order valence-corrected chi connectivity index (χ2v) is 11.5. The van der Waals surface area contributed by atoms with E-state index in [4.69, 9.17) is 23.2 Å². The highest BCUT2D eigenvalue weighted by Crippen LogP contribution is 2.27. The molecular weight excluding hydrogens is 564 g/mol. The first-order chi connectivity index (χ1) is 18.6. The number of carbonyl (C=O) groups is 2. The van der Waals surface area contributed by atoms with Crippen LogP contribution in [-0.2, 0) is 26.2 Å². The summed E-state index contributed by atoms with van der Waals surface area (Å²) in [5.41, 5.74) is 0.713. The van der Waals surface area contributed by atoms with Crippen LogP contribution in [0.1, 0.15) is 32.3 Å². The zero-order chi connectivity index (χ0) is 28.6. The monoisotopic (exact) mass is 593 g/mol. The first-order valence-electron chi connectivity index (χ1n) is 12.4. The maximum absolute atomic E-state index is 13.9. The number of benzene rings is 3. The fraction of sp³-hybridized carbons (Fsp3) is 0.286. The van der Waals surface area contributed by atoms with Crippen molar-refractivity contribution in [1.29, 1.82) is 0 Å². The molecule has 0 heterocycles. The first-order valence-corrected chi connectivity index (χ1v) is 14.6. The predicted octanol–water partition coefficient (Wildman–Crippen LogP) is 5.66. The van der Waals surface area contributed by atoms with Crippen LogP contribution in [0.5, 0.6) is 0 Å². The van der Waals surface area contributed by atoms with Crippen molar-refractivity contribution in [2.45, 2.75) is 44.2 Å². The number of anilines is 1. The number of amides is 2. The summed E-state index contributed by atoms with van der Waals surface area (Å²) in [7, 11) is -4.22. The lowest BCUT2D eigenvalue weighted by Gasteiger charge is -2.33.